The van der Waals surface area contributed by atoms with E-state index in [1.54, 1.807) is 23.7 Å². The van der Waals surface area contributed by atoms with Crippen LogP contribution in [0.5, 0.6) is 0 Å². The zero-order chi connectivity index (χ0) is 10.8. The third kappa shape index (κ3) is 2.13. The highest BCUT2D eigenvalue weighted by Gasteiger charge is 2.18. The first-order valence-electron chi connectivity index (χ1n) is 4.79. The van der Waals surface area contributed by atoms with Crippen LogP contribution >= 0.6 is 23.7 Å². The summed E-state index contributed by atoms with van der Waals surface area (Å²) in [5, 5.41) is 0.834. The minimum Gasteiger partial charge on any atom is -0.296 e. The lowest BCUT2D eigenvalue weighted by atomic mass is 10.3. The highest BCUT2D eigenvalue weighted by Crippen LogP contribution is 2.36. The maximum absolute atomic E-state index is 4.53. The summed E-state index contributed by atoms with van der Waals surface area (Å²) in [5.41, 5.74) is 1.12. The van der Waals surface area contributed by atoms with Crippen LogP contribution in [0.2, 0.25) is 0 Å². The molecule has 1 aliphatic rings. The highest BCUT2D eigenvalue weighted by atomic mass is 32.2. The van der Waals surface area contributed by atoms with Crippen LogP contribution in [0.3, 0.4) is 0 Å². The molecule has 0 unspecified atom stereocenters. The van der Waals surface area contributed by atoms with Crippen molar-refractivity contribution in [1.29, 1.82) is 0 Å². The third-order valence-electron chi connectivity index (χ3n) is 2.09. The molecule has 0 saturated heterocycles. The van der Waals surface area contributed by atoms with Gasteiger partial charge in [0.25, 0.3) is 0 Å². The molecule has 1 aliphatic heterocycles. The first kappa shape index (κ1) is 10.8. The van der Waals surface area contributed by atoms with E-state index < -0.39 is 0 Å². The SMILES string of the molecule is CCN1SC(C)=Cc2cnc(SC)nc21. The molecule has 3 nitrogen and oxygen atoms in total. The lowest BCUT2D eigenvalue weighted by molar-refractivity contribution is 0.933. The molecule has 2 heterocycles. The molecule has 80 valence electrons. The van der Waals surface area contributed by atoms with Gasteiger partial charge in [0.05, 0.1) is 0 Å². The van der Waals surface area contributed by atoms with Crippen LogP contribution in [0.25, 0.3) is 6.08 Å². The molecule has 1 aromatic rings. The Hall–Kier alpha value is -0.680. The van der Waals surface area contributed by atoms with Crippen LogP contribution in [0.15, 0.2) is 16.3 Å². The van der Waals surface area contributed by atoms with Gasteiger partial charge in [-0.15, -0.1) is 0 Å². The van der Waals surface area contributed by atoms with Gasteiger partial charge in [-0.25, -0.2) is 9.97 Å². The van der Waals surface area contributed by atoms with E-state index in [1.165, 1.54) is 4.91 Å². The average Bonchev–Trinajstić information content (AvgIpc) is 2.27. The Bertz CT molecular complexity index is 404. The van der Waals surface area contributed by atoms with Crippen molar-refractivity contribution >= 4 is 35.6 Å². The second kappa shape index (κ2) is 4.45. The van der Waals surface area contributed by atoms with Gasteiger partial charge in [-0.05, 0) is 38.1 Å². The van der Waals surface area contributed by atoms with E-state index in [2.05, 4.69) is 34.2 Å². The van der Waals surface area contributed by atoms with Crippen molar-refractivity contribution in [2.45, 2.75) is 19.0 Å². The third-order valence-corrected chi connectivity index (χ3v) is 3.71. The van der Waals surface area contributed by atoms with Crippen LogP contribution in [0.1, 0.15) is 19.4 Å². The number of fused-ring (bicyclic) bond motifs is 1. The van der Waals surface area contributed by atoms with Gasteiger partial charge in [0.1, 0.15) is 0 Å². The predicted molar refractivity (Wildman–Crippen MR) is 68.1 cm³/mol. The van der Waals surface area contributed by atoms with E-state index in [0.29, 0.717) is 0 Å². The zero-order valence-electron chi connectivity index (χ0n) is 9.02. The normalized spacial score (nSPS) is 14.9. The van der Waals surface area contributed by atoms with E-state index in [0.717, 1.165) is 23.1 Å². The summed E-state index contributed by atoms with van der Waals surface area (Å²) < 4.78 is 2.20. The number of nitrogens with zero attached hydrogens (tertiary/aromatic N) is 3. The standard InChI is InChI=1S/C10H13N3S2/c1-4-13-9-8(5-7(2)15-13)6-11-10(12-9)14-3/h5-6H,4H2,1-3H3. The molecule has 15 heavy (non-hydrogen) atoms. The number of allylic oxidation sites excluding steroid dienone is 1. The number of anilines is 1. The van der Waals surface area contributed by atoms with E-state index in [-0.39, 0.29) is 0 Å². The minimum atomic E-state index is 0.834. The quantitative estimate of drug-likeness (QED) is 0.449. The maximum Gasteiger partial charge on any atom is 0.189 e. The number of rotatable bonds is 2. The summed E-state index contributed by atoms with van der Waals surface area (Å²) in [4.78, 5) is 10.1. The van der Waals surface area contributed by atoms with Crippen molar-refractivity contribution in [2.75, 3.05) is 17.1 Å². The van der Waals surface area contributed by atoms with Crippen LogP contribution in [-0.2, 0) is 0 Å². The Kier molecular flexibility index (Phi) is 3.21. The molecule has 0 saturated carbocycles. The van der Waals surface area contributed by atoms with Gasteiger partial charge in [-0.2, -0.15) is 0 Å². The largest absolute Gasteiger partial charge is 0.296 e. The molecule has 5 heteroatoms. The Morgan fingerprint density at radius 1 is 1.53 bits per heavy atom. The topological polar surface area (TPSA) is 29.0 Å². The summed E-state index contributed by atoms with van der Waals surface area (Å²) in [6, 6.07) is 0. The van der Waals surface area contributed by atoms with Crippen LogP contribution < -0.4 is 4.31 Å². The summed E-state index contributed by atoms with van der Waals surface area (Å²) >= 11 is 3.32. The molecular weight excluding hydrogens is 226 g/mol. The smallest absolute Gasteiger partial charge is 0.189 e. The monoisotopic (exact) mass is 239 g/mol. The van der Waals surface area contributed by atoms with Crippen molar-refractivity contribution in [1.82, 2.24) is 9.97 Å². The molecule has 0 amide bonds. The summed E-state index contributed by atoms with van der Waals surface area (Å²) in [7, 11) is 0. The summed E-state index contributed by atoms with van der Waals surface area (Å²) in [6.07, 6.45) is 6.03. The second-order valence-electron chi connectivity index (χ2n) is 3.18. The van der Waals surface area contributed by atoms with Crippen molar-refractivity contribution in [3.8, 4) is 0 Å². The number of aromatic nitrogens is 2. The number of hydrogen-bond donors (Lipinski definition) is 0. The molecule has 0 aliphatic carbocycles. The van der Waals surface area contributed by atoms with Crippen molar-refractivity contribution in [3.63, 3.8) is 0 Å². The Morgan fingerprint density at radius 3 is 3.00 bits per heavy atom. The Labute approximate surface area is 98.5 Å². The lowest BCUT2D eigenvalue weighted by Gasteiger charge is -2.26. The van der Waals surface area contributed by atoms with Gasteiger partial charge in [-0.3, -0.25) is 4.31 Å². The molecule has 0 radical (unpaired) electrons. The first-order chi connectivity index (χ1) is 7.24. The maximum atomic E-state index is 4.53. The number of thioether (sulfide) groups is 1. The Morgan fingerprint density at radius 2 is 2.33 bits per heavy atom. The predicted octanol–water partition coefficient (Wildman–Crippen LogP) is 3.05. The fraction of sp³-hybridized carbons (Fsp3) is 0.400. The van der Waals surface area contributed by atoms with Gasteiger partial charge < -0.3 is 0 Å². The summed E-state index contributed by atoms with van der Waals surface area (Å²) in [6.45, 7) is 5.20. The fourth-order valence-electron chi connectivity index (χ4n) is 1.44. The van der Waals surface area contributed by atoms with Crippen molar-refractivity contribution in [2.24, 2.45) is 0 Å². The average molecular weight is 239 g/mol. The van der Waals surface area contributed by atoms with Crippen LogP contribution in [0, 0.1) is 0 Å². The van der Waals surface area contributed by atoms with Gasteiger partial charge in [0, 0.05) is 23.2 Å². The van der Waals surface area contributed by atoms with Gasteiger partial charge >= 0.3 is 0 Å². The van der Waals surface area contributed by atoms with E-state index >= 15 is 0 Å². The van der Waals surface area contributed by atoms with E-state index in [1.807, 2.05) is 12.5 Å². The summed E-state index contributed by atoms with van der Waals surface area (Å²) in [5.74, 6) is 1.03. The van der Waals surface area contributed by atoms with E-state index in [4.69, 9.17) is 0 Å². The van der Waals surface area contributed by atoms with Crippen LogP contribution in [-0.4, -0.2) is 22.8 Å². The van der Waals surface area contributed by atoms with E-state index in [9.17, 15) is 0 Å². The second-order valence-corrected chi connectivity index (χ2v) is 5.22. The first-order valence-corrected chi connectivity index (χ1v) is 6.79. The fourth-order valence-corrected chi connectivity index (χ4v) is 2.67. The van der Waals surface area contributed by atoms with Crippen molar-refractivity contribution in [3.05, 3.63) is 16.7 Å². The molecule has 0 N–H and O–H groups in total. The van der Waals surface area contributed by atoms with Crippen LogP contribution in [0.4, 0.5) is 5.82 Å². The van der Waals surface area contributed by atoms with Gasteiger partial charge in [-0.1, -0.05) is 11.8 Å². The van der Waals surface area contributed by atoms with Gasteiger partial charge in [0.2, 0.25) is 0 Å². The zero-order valence-corrected chi connectivity index (χ0v) is 10.7. The Balaban J connectivity index is 2.47. The number of hydrogen-bond acceptors (Lipinski definition) is 5. The molecule has 0 fully saturated rings. The van der Waals surface area contributed by atoms with Crippen molar-refractivity contribution < 1.29 is 0 Å². The molecule has 0 spiro atoms. The molecular formula is C10H13N3S2. The molecule has 1 aromatic heterocycles. The highest BCUT2D eigenvalue weighted by molar-refractivity contribution is 8.04. The molecule has 0 bridgehead atoms. The molecule has 2 rings (SSSR count). The molecule has 0 atom stereocenters. The lowest BCUT2D eigenvalue weighted by Crippen LogP contribution is -2.18. The van der Waals surface area contributed by atoms with Gasteiger partial charge in [0.15, 0.2) is 11.0 Å². The molecule has 0 aromatic carbocycles. The minimum absolute atomic E-state index is 0.834.